The molecule has 1 N–H and O–H groups in total. The summed E-state index contributed by atoms with van der Waals surface area (Å²) in [5.74, 6) is 0.355. The van der Waals surface area contributed by atoms with Crippen molar-refractivity contribution in [3.05, 3.63) is 72.3 Å². The Bertz CT molecular complexity index is 1020. The number of sulfonamides is 1. The zero-order valence-corrected chi connectivity index (χ0v) is 19.4. The van der Waals surface area contributed by atoms with Gasteiger partial charge in [-0.3, -0.25) is 4.79 Å². The lowest BCUT2D eigenvalue weighted by Gasteiger charge is -2.39. The molecule has 1 heterocycles. The first-order chi connectivity index (χ1) is 14.7. The second-order valence-corrected chi connectivity index (χ2v) is 10.7. The zero-order valence-electron chi connectivity index (χ0n) is 18.6. The highest BCUT2D eigenvalue weighted by molar-refractivity contribution is 7.89. The number of amides is 1. The van der Waals surface area contributed by atoms with Crippen molar-refractivity contribution in [3.63, 3.8) is 0 Å². The zero-order chi connectivity index (χ0) is 22.6. The molecule has 2 aromatic rings. The van der Waals surface area contributed by atoms with Crippen LogP contribution in [0.1, 0.15) is 50.2 Å². The average Bonchev–Trinajstić information content (AvgIpc) is 2.75. The van der Waals surface area contributed by atoms with Crippen molar-refractivity contribution >= 4 is 21.6 Å². The number of nitrogens with one attached hydrogen (secondary N) is 1. The van der Waals surface area contributed by atoms with E-state index < -0.39 is 15.4 Å². The van der Waals surface area contributed by atoms with Gasteiger partial charge in [-0.2, -0.15) is 4.31 Å². The number of carbonyl (C=O) groups excluding carboxylic acids is 1. The summed E-state index contributed by atoms with van der Waals surface area (Å²) in [7, 11) is -3.57. The number of anilines is 1. The van der Waals surface area contributed by atoms with Gasteiger partial charge in [0, 0.05) is 18.8 Å². The van der Waals surface area contributed by atoms with Crippen molar-refractivity contribution in [1.82, 2.24) is 4.31 Å². The summed E-state index contributed by atoms with van der Waals surface area (Å²) in [4.78, 5) is 13.5. The monoisotopic (exact) mass is 440 g/mol. The van der Waals surface area contributed by atoms with E-state index in [0.29, 0.717) is 43.2 Å². The molecular formula is C25H32N2O3S. The fourth-order valence-electron chi connectivity index (χ4n) is 4.03. The minimum atomic E-state index is -3.57. The Morgan fingerprint density at radius 3 is 2.19 bits per heavy atom. The van der Waals surface area contributed by atoms with Crippen molar-refractivity contribution in [2.24, 2.45) is 5.41 Å². The highest BCUT2D eigenvalue weighted by atomic mass is 32.2. The summed E-state index contributed by atoms with van der Waals surface area (Å²) >= 11 is 0. The predicted molar refractivity (Wildman–Crippen MR) is 126 cm³/mol. The van der Waals surface area contributed by atoms with Gasteiger partial charge in [0.25, 0.3) is 0 Å². The van der Waals surface area contributed by atoms with Crippen molar-refractivity contribution in [2.75, 3.05) is 18.4 Å². The van der Waals surface area contributed by atoms with Gasteiger partial charge in [0.05, 0.1) is 10.3 Å². The SMILES string of the molecule is C=CCC1(C(=O)Nc2ccc(C(C)C)cc2)CCN(S(=O)(=O)c2ccc(C)cc2)CC1. The van der Waals surface area contributed by atoms with Crippen LogP contribution in [0.25, 0.3) is 0 Å². The number of carbonyl (C=O) groups is 1. The second-order valence-electron chi connectivity index (χ2n) is 8.72. The normalized spacial score (nSPS) is 16.8. The van der Waals surface area contributed by atoms with Crippen LogP contribution in [0.3, 0.4) is 0 Å². The molecular weight excluding hydrogens is 408 g/mol. The van der Waals surface area contributed by atoms with Gasteiger partial charge in [0.2, 0.25) is 15.9 Å². The molecule has 0 unspecified atom stereocenters. The lowest BCUT2D eigenvalue weighted by atomic mass is 9.75. The number of rotatable bonds is 7. The minimum Gasteiger partial charge on any atom is -0.326 e. The van der Waals surface area contributed by atoms with Gasteiger partial charge < -0.3 is 5.32 Å². The van der Waals surface area contributed by atoms with Gasteiger partial charge in [0.15, 0.2) is 0 Å². The summed E-state index contributed by atoms with van der Waals surface area (Å²) in [6.45, 7) is 10.6. The summed E-state index contributed by atoms with van der Waals surface area (Å²) in [6, 6.07) is 14.8. The smallest absolute Gasteiger partial charge is 0.243 e. The number of allylic oxidation sites excluding steroid dienone is 1. The van der Waals surface area contributed by atoms with Crippen LogP contribution in [0.2, 0.25) is 0 Å². The topological polar surface area (TPSA) is 66.5 Å². The summed E-state index contributed by atoms with van der Waals surface area (Å²) in [6.07, 6.45) is 3.19. The molecule has 31 heavy (non-hydrogen) atoms. The van der Waals surface area contributed by atoms with Crippen LogP contribution in [0.15, 0.2) is 66.1 Å². The Morgan fingerprint density at radius 1 is 1.10 bits per heavy atom. The fourth-order valence-corrected chi connectivity index (χ4v) is 5.47. The first-order valence-electron chi connectivity index (χ1n) is 10.8. The highest BCUT2D eigenvalue weighted by Crippen LogP contribution is 2.38. The maximum Gasteiger partial charge on any atom is 0.243 e. The van der Waals surface area contributed by atoms with E-state index in [1.54, 1.807) is 30.3 Å². The van der Waals surface area contributed by atoms with E-state index in [1.807, 2.05) is 31.2 Å². The number of piperidine rings is 1. The van der Waals surface area contributed by atoms with Crippen molar-refractivity contribution in [2.45, 2.75) is 50.8 Å². The molecule has 5 nitrogen and oxygen atoms in total. The van der Waals surface area contributed by atoms with Crippen molar-refractivity contribution in [1.29, 1.82) is 0 Å². The Balaban J connectivity index is 1.73. The van der Waals surface area contributed by atoms with Crippen LogP contribution >= 0.6 is 0 Å². The molecule has 1 aliphatic rings. The maximum absolute atomic E-state index is 13.2. The standard InChI is InChI=1S/C25H32N2O3S/c1-5-14-25(24(28)26-22-10-8-21(9-11-22)19(2)3)15-17-27(18-16-25)31(29,30)23-12-6-20(4)7-13-23/h5-13,19H,1,14-18H2,2-4H3,(H,26,28). The number of hydrogen-bond donors (Lipinski definition) is 1. The fraction of sp³-hybridized carbons (Fsp3) is 0.400. The Kier molecular flexibility index (Phi) is 7.02. The first-order valence-corrected chi connectivity index (χ1v) is 12.2. The van der Waals surface area contributed by atoms with Crippen LogP contribution in [-0.2, 0) is 14.8 Å². The first kappa shape index (κ1) is 23.2. The molecule has 3 rings (SSSR count). The Hall–Kier alpha value is -2.44. The molecule has 1 fully saturated rings. The largest absolute Gasteiger partial charge is 0.326 e. The molecule has 0 bridgehead atoms. The summed E-state index contributed by atoms with van der Waals surface area (Å²) in [5.41, 5.74) is 2.33. The van der Waals surface area contributed by atoms with E-state index in [2.05, 4.69) is 25.7 Å². The number of aryl methyl sites for hydroxylation is 1. The number of nitrogens with zero attached hydrogens (tertiary/aromatic N) is 1. The van der Waals surface area contributed by atoms with Gasteiger partial charge in [-0.25, -0.2) is 8.42 Å². The second kappa shape index (κ2) is 9.37. The van der Waals surface area contributed by atoms with Crippen molar-refractivity contribution in [3.8, 4) is 0 Å². The lowest BCUT2D eigenvalue weighted by molar-refractivity contribution is -0.127. The molecule has 0 atom stereocenters. The van der Waals surface area contributed by atoms with Crippen LogP contribution in [0.4, 0.5) is 5.69 Å². The van der Waals surface area contributed by atoms with Gasteiger partial charge in [-0.05, 0) is 61.9 Å². The maximum atomic E-state index is 13.2. The molecule has 0 spiro atoms. The van der Waals surface area contributed by atoms with Crippen LogP contribution < -0.4 is 5.32 Å². The predicted octanol–water partition coefficient (Wildman–Crippen LogP) is 5.10. The summed E-state index contributed by atoms with van der Waals surface area (Å²) < 4.78 is 27.5. The minimum absolute atomic E-state index is 0.0721. The quantitative estimate of drug-likeness (QED) is 0.609. The molecule has 0 saturated carbocycles. The summed E-state index contributed by atoms with van der Waals surface area (Å²) in [5, 5.41) is 3.04. The molecule has 0 aliphatic carbocycles. The van der Waals surface area contributed by atoms with Crippen molar-refractivity contribution < 1.29 is 13.2 Å². The molecule has 1 amide bonds. The van der Waals surface area contributed by atoms with E-state index in [0.717, 1.165) is 11.3 Å². The van der Waals surface area contributed by atoms with E-state index in [-0.39, 0.29) is 5.91 Å². The highest BCUT2D eigenvalue weighted by Gasteiger charge is 2.43. The number of hydrogen-bond acceptors (Lipinski definition) is 3. The Morgan fingerprint density at radius 2 is 1.68 bits per heavy atom. The average molecular weight is 441 g/mol. The van der Waals surface area contributed by atoms with E-state index in [1.165, 1.54) is 9.87 Å². The molecule has 0 aromatic heterocycles. The molecule has 2 aromatic carbocycles. The lowest BCUT2D eigenvalue weighted by Crippen LogP contribution is -2.48. The van der Waals surface area contributed by atoms with E-state index >= 15 is 0 Å². The van der Waals surface area contributed by atoms with Crippen LogP contribution in [0.5, 0.6) is 0 Å². The third kappa shape index (κ3) is 5.08. The van der Waals surface area contributed by atoms with E-state index in [4.69, 9.17) is 0 Å². The molecule has 1 aliphatic heterocycles. The molecule has 1 saturated heterocycles. The van der Waals surface area contributed by atoms with Gasteiger partial charge >= 0.3 is 0 Å². The molecule has 6 heteroatoms. The van der Waals surface area contributed by atoms with Gasteiger partial charge in [-0.15, -0.1) is 6.58 Å². The Labute approximate surface area is 186 Å². The third-order valence-electron chi connectivity index (χ3n) is 6.19. The van der Waals surface area contributed by atoms with E-state index in [9.17, 15) is 13.2 Å². The third-order valence-corrected chi connectivity index (χ3v) is 8.10. The van der Waals surface area contributed by atoms with Gasteiger partial charge in [0.1, 0.15) is 0 Å². The molecule has 0 radical (unpaired) electrons. The van der Waals surface area contributed by atoms with Crippen LogP contribution in [0, 0.1) is 12.3 Å². The van der Waals surface area contributed by atoms with Crippen LogP contribution in [-0.4, -0.2) is 31.7 Å². The molecule has 166 valence electrons. The number of benzene rings is 2. The van der Waals surface area contributed by atoms with Gasteiger partial charge in [-0.1, -0.05) is 49.8 Å².